The lowest BCUT2D eigenvalue weighted by Crippen LogP contribution is -1.96. The summed E-state index contributed by atoms with van der Waals surface area (Å²) in [6.07, 6.45) is 0.274. The molecular formula is C11H12O2. The van der Waals surface area contributed by atoms with Gasteiger partial charge >= 0.3 is 0 Å². The minimum atomic E-state index is 0.0312. The molecule has 0 aromatic carbocycles. The monoisotopic (exact) mass is 176 g/mol. The fraction of sp³-hybridized carbons (Fsp3) is 0.364. The van der Waals surface area contributed by atoms with Crippen molar-refractivity contribution in [1.82, 2.24) is 0 Å². The summed E-state index contributed by atoms with van der Waals surface area (Å²) < 4.78 is 5.25. The van der Waals surface area contributed by atoms with E-state index in [1.54, 1.807) is 19.9 Å². The topological polar surface area (TPSA) is 30.2 Å². The second-order valence-corrected chi connectivity index (χ2v) is 2.85. The Hall–Kier alpha value is -1.49. The van der Waals surface area contributed by atoms with E-state index in [0.29, 0.717) is 11.3 Å². The van der Waals surface area contributed by atoms with Crippen LogP contribution in [0.15, 0.2) is 10.5 Å². The van der Waals surface area contributed by atoms with Crippen molar-refractivity contribution in [1.29, 1.82) is 0 Å². The van der Waals surface area contributed by atoms with Crippen LogP contribution in [0.4, 0.5) is 0 Å². The first kappa shape index (κ1) is 9.60. The molecule has 0 radical (unpaired) electrons. The van der Waals surface area contributed by atoms with E-state index in [-0.39, 0.29) is 12.2 Å². The van der Waals surface area contributed by atoms with Crippen LogP contribution < -0.4 is 0 Å². The van der Waals surface area contributed by atoms with Crippen molar-refractivity contribution in [2.75, 3.05) is 0 Å². The first-order valence-corrected chi connectivity index (χ1v) is 4.15. The summed E-state index contributed by atoms with van der Waals surface area (Å²) in [5.41, 5.74) is 0.653. The van der Waals surface area contributed by atoms with Crippen LogP contribution in [0.5, 0.6) is 0 Å². The normalized spacial score (nSPS) is 9.15. The third kappa shape index (κ3) is 2.22. The first-order valence-electron chi connectivity index (χ1n) is 4.15. The number of hydrogen-bond acceptors (Lipinski definition) is 2. The van der Waals surface area contributed by atoms with E-state index in [0.717, 1.165) is 5.76 Å². The maximum absolute atomic E-state index is 11.5. The molecule has 2 nitrogen and oxygen atoms in total. The Morgan fingerprint density at radius 3 is 2.69 bits per heavy atom. The Morgan fingerprint density at radius 1 is 1.54 bits per heavy atom. The van der Waals surface area contributed by atoms with Crippen molar-refractivity contribution in [3.05, 3.63) is 23.2 Å². The molecular weight excluding hydrogens is 164 g/mol. The average Bonchev–Trinajstić information content (AvgIpc) is 2.41. The molecule has 1 heterocycles. The van der Waals surface area contributed by atoms with E-state index in [4.69, 9.17) is 4.42 Å². The summed E-state index contributed by atoms with van der Waals surface area (Å²) in [7, 11) is 0. The molecule has 68 valence electrons. The number of furan rings is 1. The molecule has 0 fully saturated rings. The number of Topliss-reactive ketones (excluding diaryl/α,β-unsaturated/α-hetero) is 1. The average molecular weight is 176 g/mol. The molecule has 0 aliphatic rings. The number of carbonyl (C=O) groups excluding carboxylic acids is 1. The van der Waals surface area contributed by atoms with Crippen molar-refractivity contribution in [2.45, 2.75) is 27.2 Å². The zero-order valence-electron chi connectivity index (χ0n) is 8.10. The summed E-state index contributed by atoms with van der Waals surface area (Å²) in [5.74, 6) is 6.92. The predicted octanol–water partition coefficient (Wildman–Crippen LogP) is 2.49. The van der Waals surface area contributed by atoms with Gasteiger partial charge < -0.3 is 4.42 Å². The zero-order valence-corrected chi connectivity index (χ0v) is 8.10. The maximum Gasteiger partial charge on any atom is 0.178 e. The maximum atomic E-state index is 11.5. The van der Waals surface area contributed by atoms with Gasteiger partial charge in [0.2, 0.25) is 0 Å². The van der Waals surface area contributed by atoms with Crippen molar-refractivity contribution in [2.24, 2.45) is 0 Å². The highest BCUT2D eigenvalue weighted by Gasteiger charge is 2.11. The smallest absolute Gasteiger partial charge is 0.178 e. The molecule has 0 atom stereocenters. The molecule has 1 rings (SSSR count). The Labute approximate surface area is 77.9 Å². The van der Waals surface area contributed by atoms with E-state index in [1.807, 2.05) is 6.92 Å². The Bertz CT molecular complexity index is 375. The number of hydrogen-bond donors (Lipinski definition) is 0. The van der Waals surface area contributed by atoms with Gasteiger partial charge in [-0.1, -0.05) is 5.92 Å². The highest BCUT2D eigenvalue weighted by molar-refractivity contribution is 5.98. The lowest BCUT2D eigenvalue weighted by molar-refractivity contribution is 0.0996. The zero-order chi connectivity index (χ0) is 9.84. The second kappa shape index (κ2) is 3.95. The predicted molar refractivity (Wildman–Crippen MR) is 50.6 cm³/mol. The third-order valence-electron chi connectivity index (χ3n) is 1.77. The van der Waals surface area contributed by atoms with Gasteiger partial charge in [-0.25, -0.2) is 0 Å². The van der Waals surface area contributed by atoms with Crippen LogP contribution in [0.1, 0.15) is 35.2 Å². The van der Waals surface area contributed by atoms with Gasteiger partial charge in [-0.15, -0.1) is 5.92 Å². The van der Waals surface area contributed by atoms with E-state index < -0.39 is 0 Å². The number of ketones is 1. The van der Waals surface area contributed by atoms with Crippen LogP contribution in [-0.2, 0) is 0 Å². The Kier molecular flexibility index (Phi) is 2.92. The molecule has 0 aliphatic carbocycles. The van der Waals surface area contributed by atoms with Gasteiger partial charge in [0.15, 0.2) is 5.78 Å². The van der Waals surface area contributed by atoms with E-state index in [2.05, 4.69) is 11.8 Å². The molecule has 0 unspecified atom stereocenters. The van der Waals surface area contributed by atoms with Crippen LogP contribution in [0.2, 0.25) is 0 Å². The molecule has 1 aromatic rings. The van der Waals surface area contributed by atoms with Crippen LogP contribution in [-0.4, -0.2) is 5.78 Å². The number of aryl methyl sites for hydroxylation is 2. The van der Waals surface area contributed by atoms with Gasteiger partial charge in [-0.3, -0.25) is 4.79 Å². The van der Waals surface area contributed by atoms with Crippen molar-refractivity contribution in [3.8, 4) is 11.8 Å². The van der Waals surface area contributed by atoms with E-state index >= 15 is 0 Å². The highest BCUT2D eigenvalue weighted by Crippen LogP contribution is 2.15. The molecule has 2 heteroatoms. The van der Waals surface area contributed by atoms with Gasteiger partial charge in [0.25, 0.3) is 0 Å². The third-order valence-corrected chi connectivity index (χ3v) is 1.77. The summed E-state index contributed by atoms with van der Waals surface area (Å²) in [6.45, 7) is 5.34. The van der Waals surface area contributed by atoms with E-state index in [9.17, 15) is 4.79 Å². The largest absolute Gasteiger partial charge is 0.466 e. The Morgan fingerprint density at radius 2 is 2.23 bits per heavy atom. The summed E-state index contributed by atoms with van der Waals surface area (Å²) in [5, 5.41) is 0. The molecule has 0 aliphatic heterocycles. The minimum Gasteiger partial charge on any atom is -0.466 e. The molecule has 0 amide bonds. The highest BCUT2D eigenvalue weighted by atomic mass is 16.3. The molecule has 1 aromatic heterocycles. The SMILES string of the molecule is CC#CCC(=O)c1cc(C)oc1C. The fourth-order valence-corrected chi connectivity index (χ4v) is 1.17. The van der Waals surface area contributed by atoms with E-state index in [1.165, 1.54) is 0 Å². The fourth-order valence-electron chi connectivity index (χ4n) is 1.17. The molecule has 0 spiro atoms. The summed E-state index contributed by atoms with van der Waals surface area (Å²) in [4.78, 5) is 11.5. The lowest BCUT2D eigenvalue weighted by Gasteiger charge is -1.91. The lowest BCUT2D eigenvalue weighted by atomic mass is 10.1. The van der Waals surface area contributed by atoms with Crippen molar-refractivity contribution in [3.63, 3.8) is 0 Å². The standard InChI is InChI=1S/C11H12O2/c1-4-5-6-11(12)10-7-8(2)13-9(10)3/h7H,6H2,1-3H3. The molecule has 0 bridgehead atoms. The minimum absolute atomic E-state index is 0.0312. The van der Waals surface area contributed by atoms with Gasteiger partial charge in [-0.05, 0) is 26.8 Å². The molecule has 0 saturated heterocycles. The molecule has 13 heavy (non-hydrogen) atoms. The van der Waals surface area contributed by atoms with Gasteiger partial charge in [-0.2, -0.15) is 0 Å². The van der Waals surface area contributed by atoms with Gasteiger partial charge in [0.1, 0.15) is 11.5 Å². The van der Waals surface area contributed by atoms with Crippen LogP contribution in [0.3, 0.4) is 0 Å². The van der Waals surface area contributed by atoms with Crippen molar-refractivity contribution < 1.29 is 9.21 Å². The van der Waals surface area contributed by atoms with Crippen LogP contribution in [0, 0.1) is 25.7 Å². The van der Waals surface area contributed by atoms with Crippen LogP contribution in [0.25, 0.3) is 0 Å². The summed E-state index contributed by atoms with van der Waals surface area (Å²) >= 11 is 0. The first-order chi connectivity index (χ1) is 6.15. The van der Waals surface area contributed by atoms with Gasteiger partial charge in [0.05, 0.1) is 12.0 Å². The van der Waals surface area contributed by atoms with Crippen molar-refractivity contribution >= 4 is 5.78 Å². The second-order valence-electron chi connectivity index (χ2n) is 2.85. The van der Waals surface area contributed by atoms with Gasteiger partial charge in [0, 0.05) is 0 Å². The summed E-state index contributed by atoms with van der Waals surface area (Å²) in [6, 6.07) is 1.76. The Balaban J connectivity index is 2.86. The number of rotatable bonds is 2. The quantitative estimate of drug-likeness (QED) is 0.512. The molecule has 0 saturated carbocycles. The number of carbonyl (C=O) groups is 1. The molecule has 0 N–H and O–H groups in total. The van der Waals surface area contributed by atoms with Crippen LogP contribution >= 0.6 is 0 Å².